The van der Waals surface area contributed by atoms with Crippen molar-refractivity contribution in [2.75, 3.05) is 7.11 Å². The summed E-state index contributed by atoms with van der Waals surface area (Å²) in [6.07, 6.45) is 2.95. The number of rotatable bonds is 5. The van der Waals surface area contributed by atoms with Crippen molar-refractivity contribution in [1.29, 1.82) is 0 Å². The van der Waals surface area contributed by atoms with Gasteiger partial charge in [-0.2, -0.15) is 0 Å². The first-order valence-corrected chi connectivity index (χ1v) is 7.04. The van der Waals surface area contributed by atoms with Gasteiger partial charge in [-0.25, -0.2) is 0 Å². The van der Waals surface area contributed by atoms with E-state index < -0.39 is 4.92 Å². The van der Waals surface area contributed by atoms with Crippen molar-refractivity contribution in [2.45, 2.75) is 13.8 Å². The SMILES string of the molecule is COc1cc(C)ccc1C(=O)/C=C/c1ccc(C)c([N+](=O)[O-])c1. The summed E-state index contributed by atoms with van der Waals surface area (Å²) in [6.45, 7) is 3.59. The summed E-state index contributed by atoms with van der Waals surface area (Å²) in [5, 5.41) is 10.9. The Bertz CT molecular complexity index is 794. The van der Waals surface area contributed by atoms with Gasteiger partial charge in [-0.1, -0.05) is 24.3 Å². The van der Waals surface area contributed by atoms with Crippen LogP contribution >= 0.6 is 0 Å². The minimum atomic E-state index is -0.433. The molecule has 0 fully saturated rings. The van der Waals surface area contributed by atoms with E-state index in [1.54, 1.807) is 37.3 Å². The third kappa shape index (κ3) is 3.83. The zero-order valence-corrected chi connectivity index (χ0v) is 13.2. The molecule has 0 aliphatic carbocycles. The van der Waals surface area contributed by atoms with Crippen LogP contribution in [0.25, 0.3) is 6.08 Å². The molecule has 2 rings (SSSR count). The van der Waals surface area contributed by atoms with Gasteiger partial charge in [0.25, 0.3) is 5.69 Å². The maximum Gasteiger partial charge on any atom is 0.272 e. The van der Waals surface area contributed by atoms with E-state index in [9.17, 15) is 14.9 Å². The van der Waals surface area contributed by atoms with E-state index >= 15 is 0 Å². The first kappa shape index (κ1) is 16.4. The Morgan fingerprint density at radius 3 is 2.57 bits per heavy atom. The average Bonchev–Trinajstić information content (AvgIpc) is 2.53. The fraction of sp³-hybridized carbons (Fsp3) is 0.167. The van der Waals surface area contributed by atoms with E-state index in [2.05, 4.69) is 0 Å². The summed E-state index contributed by atoms with van der Waals surface area (Å²) < 4.78 is 5.22. The molecule has 5 nitrogen and oxygen atoms in total. The number of nitro benzene ring substituents is 1. The summed E-state index contributed by atoms with van der Waals surface area (Å²) in [7, 11) is 1.51. The number of benzene rings is 2. The number of nitrogens with zero attached hydrogens (tertiary/aromatic N) is 1. The zero-order valence-electron chi connectivity index (χ0n) is 13.2. The van der Waals surface area contributed by atoms with Crippen LogP contribution in [0.3, 0.4) is 0 Å². The quantitative estimate of drug-likeness (QED) is 0.360. The molecular weight excluding hydrogens is 294 g/mol. The molecule has 0 bridgehead atoms. The van der Waals surface area contributed by atoms with Crippen LogP contribution in [0.4, 0.5) is 5.69 Å². The minimum absolute atomic E-state index is 0.0347. The lowest BCUT2D eigenvalue weighted by Gasteiger charge is -2.06. The highest BCUT2D eigenvalue weighted by molar-refractivity contribution is 6.08. The molecular formula is C18H17NO4. The summed E-state index contributed by atoms with van der Waals surface area (Å²) in [6, 6.07) is 10.2. The summed E-state index contributed by atoms with van der Waals surface area (Å²) in [5.41, 5.74) is 2.67. The number of carbonyl (C=O) groups is 1. The molecule has 0 amide bonds. The molecule has 0 aliphatic heterocycles. The lowest BCUT2D eigenvalue weighted by atomic mass is 10.0. The Balaban J connectivity index is 2.28. The minimum Gasteiger partial charge on any atom is -0.496 e. The molecule has 0 radical (unpaired) electrons. The van der Waals surface area contributed by atoms with Crippen molar-refractivity contribution in [3.63, 3.8) is 0 Å². The first-order valence-electron chi connectivity index (χ1n) is 7.04. The monoisotopic (exact) mass is 311 g/mol. The Labute approximate surface area is 134 Å². The Morgan fingerprint density at radius 2 is 1.91 bits per heavy atom. The Kier molecular flexibility index (Phi) is 4.91. The molecule has 118 valence electrons. The topological polar surface area (TPSA) is 69.4 Å². The van der Waals surface area contributed by atoms with Gasteiger partial charge >= 0.3 is 0 Å². The van der Waals surface area contributed by atoms with Crippen molar-refractivity contribution < 1.29 is 14.5 Å². The van der Waals surface area contributed by atoms with E-state index in [0.717, 1.165) is 5.56 Å². The van der Waals surface area contributed by atoms with E-state index in [4.69, 9.17) is 4.74 Å². The molecule has 23 heavy (non-hydrogen) atoms. The maximum absolute atomic E-state index is 12.3. The fourth-order valence-corrected chi connectivity index (χ4v) is 2.19. The molecule has 2 aromatic carbocycles. The second-order valence-electron chi connectivity index (χ2n) is 5.20. The van der Waals surface area contributed by atoms with Crippen molar-refractivity contribution in [2.24, 2.45) is 0 Å². The highest BCUT2D eigenvalue weighted by atomic mass is 16.6. The van der Waals surface area contributed by atoms with Crippen molar-refractivity contribution in [1.82, 2.24) is 0 Å². The molecule has 5 heteroatoms. The van der Waals surface area contributed by atoms with Crippen LogP contribution in [0.5, 0.6) is 5.75 Å². The molecule has 2 aromatic rings. The molecule has 0 saturated heterocycles. The maximum atomic E-state index is 12.3. The van der Waals surface area contributed by atoms with Gasteiger partial charge in [0.2, 0.25) is 0 Å². The van der Waals surface area contributed by atoms with Gasteiger partial charge in [0.15, 0.2) is 5.78 Å². The number of allylic oxidation sites excluding steroid dienone is 1. The highest BCUT2D eigenvalue weighted by Gasteiger charge is 2.11. The second kappa shape index (κ2) is 6.87. The predicted molar refractivity (Wildman–Crippen MR) is 88.9 cm³/mol. The molecule has 0 aliphatic rings. The highest BCUT2D eigenvalue weighted by Crippen LogP contribution is 2.22. The van der Waals surface area contributed by atoms with Crippen LogP contribution in [-0.4, -0.2) is 17.8 Å². The molecule has 0 aromatic heterocycles. The van der Waals surface area contributed by atoms with Gasteiger partial charge < -0.3 is 4.74 Å². The van der Waals surface area contributed by atoms with Crippen LogP contribution < -0.4 is 4.74 Å². The van der Waals surface area contributed by atoms with E-state index in [-0.39, 0.29) is 11.5 Å². The van der Waals surface area contributed by atoms with Crippen LogP contribution in [0.2, 0.25) is 0 Å². The number of methoxy groups -OCH3 is 1. The number of hydrogen-bond acceptors (Lipinski definition) is 4. The van der Waals surface area contributed by atoms with Crippen LogP contribution in [0.15, 0.2) is 42.5 Å². The van der Waals surface area contributed by atoms with Crippen LogP contribution in [0, 0.1) is 24.0 Å². The zero-order chi connectivity index (χ0) is 17.0. The van der Waals surface area contributed by atoms with Gasteiger partial charge in [0.1, 0.15) is 5.75 Å². The number of hydrogen-bond donors (Lipinski definition) is 0. The van der Waals surface area contributed by atoms with Gasteiger partial charge in [-0.15, -0.1) is 0 Å². The number of carbonyl (C=O) groups excluding carboxylic acids is 1. The van der Waals surface area contributed by atoms with E-state index in [1.165, 1.54) is 19.3 Å². The average molecular weight is 311 g/mol. The molecule has 0 unspecified atom stereocenters. The molecule has 0 spiro atoms. The van der Waals surface area contributed by atoms with Crippen molar-refractivity contribution in [3.8, 4) is 5.75 Å². The van der Waals surface area contributed by atoms with Gasteiger partial charge in [-0.3, -0.25) is 14.9 Å². The van der Waals surface area contributed by atoms with Gasteiger partial charge in [-0.05, 0) is 43.2 Å². The van der Waals surface area contributed by atoms with Crippen molar-refractivity contribution in [3.05, 3.63) is 74.8 Å². The number of ketones is 1. The van der Waals surface area contributed by atoms with Crippen LogP contribution in [-0.2, 0) is 0 Å². The molecule has 0 atom stereocenters. The van der Waals surface area contributed by atoms with E-state index in [1.807, 2.05) is 13.0 Å². The number of ether oxygens (including phenoxy) is 1. The number of nitro groups is 1. The van der Waals surface area contributed by atoms with Gasteiger partial charge in [0.05, 0.1) is 17.6 Å². The molecule has 0 saturated carbocycles. The smallest absolute Gasteiger partial charge is 0.272 e. The van der Waals surface area contributed by atoms with Crippen LogP contribution in [0.1, 0.15) is 27.0 Å². The predicted octanol–water partition coefficient (Wildman–Crippen LogP) is 4.12. The summed E-state index contributed by atoms with van der Waals surface area (Å²) >= 11 is 0. The third-order valence-electron chi connectivity index (χ3n) is 3.48. The first-order chi connectivity index (χ1) is 10.9. The lowest BCUT2D eigenvalue weighted by molar-refractivity contribution is -0.385. The van der Waals surface area contributed by atoms with Crippen molar-refractivity contribution >= 4 is 17.5 Å². The normalized spacial score (nSPS) is 10.7. The van der Waals surface area contributed by atoms with E-state index in [0.29, 0.717) is 22.4 Å². The summed E-state index contributed by atoms with van der Waals surface area (Å²) in [5.74, 6) is 0.291. The largest absolute Gasteiger partial charge is 0.496 e. The lowest BCUT2D eigenvalue weighted by Crippen LogP contribution is -1.99. The Hall–Kier alpha value is -2.95. The van der Waals surface area contributed by atoms with Gasteiger partial charge in [0, 0.05) is 11.6 Å². The standard InChI is InChI=1S/C18H17NO4/c1-12-4-8-15(18(10-12)23-3)17(20)9-7-14-6-5-13(2)16(11-14)19(21)22/h4-11H,1-3H3/b9-7+. The Morgan fingerprint density at radius 1 is 1.17 bits per heavy atom. The molecule has 0 heterocycles. The summed E-state index contributed by atoms with van der Waals surface area (Å²) in [4.78, 5) is 22.8. The second-order valence-corrected chi connectivity index (χ2v) is 5.20. The number of aryl methyl sites for hydroxylation is 2. The molecule has 0 N–H and O–H groups in total. The third-order valence-corrected chi connectivity index (χ3v) is 3.48. The fourth-order valence-electron chi connectivity index (χ4n) is 2.19.